The van der Waals surface area contributed by atoms with E-state index >= 15 is 4.39 Å². The number of aromatic nitrogens is 6. The van der Waals surface area contributed by atoms with Gasteiger partial charge in [0.15, 0.2) is 23.1 Å². The van der Waals surface area contributed by atoms with Crippen molar-refractivity contribution >= 4 is 62.1 Å². The van der Waals surface area contributed by atoms with Crippen LogP contribution in [0.4, 0.5) is 55.0 Å². The zero-order valence-electron chi connectivity index (χ0n) is 47.1. The number of aryl methyl sites for hydroxylation is 2. The fraction of sp³-hybridized carbons (Fsp3) is 0.219. The van der Waals surface area contributed by atoms with Crippen molar-refractivity contribution in [1.82, 2.24) is 29.9 Å². The van der Waals surface area contributed by atoms with Gasteiger partial charge in [-0.1, -0.05) is 23.7 Å². The molecular formula is C64H57ClF6N10O4. The molecule has 2 fully saturated rings. The molecule has 12 rings (SSSR count). The van der Waals surface area contributed by atoms with Gasteiger partial charge in [-0.2, -0.15) is 0 Å². The summed E-state index contributed by atoms with van der Waals surface area (Å²) in [5, 5.41) is 3.90. The molecule has 85 heavy (non-hydrogen) atoms. The molecule has 0 aliphatic carbocycles. The number of fused-ring (bicyclic) bond motifs is 2. The Kier molecular flexibility index (Phi) is 17.9. The van der Waals surface area contributed by atoms with E-state index in [-0.39, 0.29) is 38.3 Å². The van der Waals surface area contributed by atoms with Crippen LogP contribution in [0.15, 0.2) is 122 Å². The van der Waals surface area contributed by atoms with E-state index in [1.54, 1.807) is 56.0 Å². The molecule has 0 atom stereocenters. The van der Waals surface area contributed by atoms with Gasteiger partial charge in [0.05, 0.1) is 102 Å². The van der Waals surface area contributed by atoms with E-state index in [0.717, 1.165) is 42.2 Å². The van der Waals surface area contributed by atoms with Crippen LogP contribution in [0.25, 0.3) is 66.8 Å². The molecule has 2 aliphatic rings. The van der Waals surface area contributed by atoms with Crippen LogP contribution >= 0.6 is 11.6 Å². The molecule has 0 spiro atoms. The fourth-order valence-corrected chi connectivity index (χ4v) is 10.2. The predicted molar refractivity (Wildman–Crippen MR) is 320 cm³/mol. The van der Waals surface area contributed by atoms with E-state index in [1.807, 2.05) is 57.2 Å². The zero-order chi connectivity index (χ0) is 60.1. The standard InChI is InChI=1S/C32H28F3N5O2.C16H11ClF2N2.C16H18FN3O2/c1-18-6-7-36-27(12-18)31-19(2)32(30-24(35)14-21(33)15-26(30)39-31)38-25-16-29(40-8-10-42-11-9-40)37-17-22(25)20-4-5-28(41-3)23(34)13-20;1-8-3-4-20-13(5-8)16-9(2)15(17)14-11(19)6-10(18)7-12(14)21-16;1-21-15-3-2-11(8-13(15)17)12-10-19-16(9-14(12)18)20-4-6-22-7-5-20/h4-7,12-17H,8-11H2,1-3H3,(H,37,38,39);3-7H,1-2H3;2-3,8-10H,4-7H2,1H3,(H2,18,19). The van der Waals surface area contributed by atoms with E-state index < -0.39 is 34.9 Å². The highest BCUT2D eigenvalue weighted by molar-refractivity contribution is 6.36. The highest BCUT2D eigenvalue weighted by Gasteiger charge is 2.24. The number of hydrogen-bond donors (Lipinski definition) is 2. The molecule has 2 saturated heterocycles. The summed E-state index contributed by atoms with van der Waals surface area (Å²) >= 11 is 6.25. The number of nitrogens with one attached hydrogen (secondary N) is 1. The number of nitrogens with zero attached hydrogens (tertiary/aromatic N) is 8. The Labute approximate surface area is 491 Å². The normalized spacial score (nSPS) is 13.2. The first-order chi connectivity index (χ1) is 41.0. The van der Waals surface area contributed by atoms with Crippen LogP contribution in [0, 0.1) is 62.6 Å². The molecule has 6 aromatic heterocycles. The molecule has 4 aromatic carbocycles. The van der Waals surface area contributed by atoms with Crippen molar-refractivity contribution in [2.45, 2.75) is 27.7 Å². The summed E-state index contributed by atoms with van der Waals surface area (Å²) in [5.74, 6) is -2.02. The number of benzene rings is 4. The molecule has 0 amide bonds. The fourth-order valence-electron chi connectivity index (χ4n) is 9.97. The number of rotatable bonds is 10. The van der Waals surface area contributed by atoms with Gasteiger partial charge in [0.1, 0.15) is 34.9 Å². The Hall–Kier alpha value is -9.11. The summed E-state index contributed by atoms with van der Waals surface area (Å²) in [6, 6.07) is 24.5. The summed E-state index contributed by atoms with van der Waals surface area (Å²) in [7, 11) is 2.84. The lowest BCUT2D eigenvalue weighted by Crippen LogP contribution is -2.36. The van der Waals surface area contributed by atoms with Gasteiger partial charge in [0, 0.05) is 110 Å². The van der Waals surface area contributed by atoms with Crippen LogP contribution in [0.5, 0.6) is 11.5 Å². The number of nitrogens with two attached hydrogens (primary N) is 1. The minimum absolute atomic E-state index is 0.113. The van der Waals surface area contributed by atoms with E-state index in [9.17, 15) is 22.0 Å². The van der Waals surface area contributed by atoms with Crippen LogP contribution in [0.3, 0.4) is 0 Å². The molecule has 8 heterocycles. The molecule has 10 aromatic rings. The Morgan fingerprint density at radius 1 is 0.529 bits per heavy atom. The van der Waals surface area contributed by atoms with Crippen LogP contribution in [0.1, 0.15) is 22.3 Å². The van der Waals surface area contributed by atoms with Gasteiger partial charge in [0.2, 0.25) is 0 Å². The number of nitrogen functional groups attached to an aromatic ring is 1. The molecular weight excluding hydrogens is 1120 g/mol. The average molecular weight is 1180 g/mol. The highest BCUT2D eigenvalue weighted by atomic mass is 35.5. The molecule has 0 bridgehead atoms. The second-order valence-electron chi connectivity index (χ2n) is 20.1. The number of morpholine rings is 2. The van der Waals surface area contributed by atoms with Gasteiger partial charge < -0.3 is 39.8 Å². The van der Waals surface area contributed by atoms with Gasteiger partial charge in [-0.25, -0.2) is 46.3 Å². The molecule has 0 saturated carbocycles. The van der Waals surface area contributed by atoms with Crippen LogP contribution < -0.4 is 30.3 Å². The molecule has 2 aliphatic heterocycles. The first-order valence-electron chi connectivity index (χ1n) is 26.9. The first-order valence-corrected chi connectivity index (χ1v) is 27.3. The summed E-state index contributed by atoms with van der Waals surface area (Å²) in [4.78, 5) is 31.0. The van der Waals surface area contributed by atoms with Gasteiger partial charge in [0.25, 0.3) is 0 Å². The maximum atomic E-state index is 15.5. The smallest absolute Gasteiger partial charge is 0.165 e. The predicted octanol–water partition coefficient (Wildman–Crippen LogP) is 14.1. The number of halogens is 7. The summed E-state index contributed by atoms with van der Waals surface area (Å²) < 4.78 is 107. The number of anilines is 5. The molecule has 0 radical (unpaired) electrons. The van der Waals surface area contributed by atoms with Gasteiger partial charge in [-0.05, 0) is 104 Å². The minimum atomic E-state index is -0.758. The average Bonchev–Trinajstić information content (AvgIpc) is 1.56. The van der Waals surface area contributed by atoms with Gasteiger partial charge in [-0.3, -0.25) is 9.97 Å². The number of pyridine rings is 6. The minimum Gasteiger partial charge on any atom is -0.494 e. The van der Waals surface area contributed by atoms with E-state index in [0.29, 0.717) is 119 Å². The van der Waals surface area contributed by atoms with Crippen molar-refractivity contribution in [1.29, 1.82) is 0 Å². The highest BCUT2D eigenvalue weighted by Crippen LogP contribution is 2.41. The summed E-state index contributed by atoms with van der Waals surface area (Å²) in [6.07, 6.45) is 6.67. The zero-order valence-corrected chi connectivity index (χ0v) is 47.9. The molecule has 21 heteroatoms. The van der Waals surface area contributed by atoms with E-state index in [2.05, 4.69) is 45.0 Å². The molecule has 436 valence electrons. The molecule has 3 N–H and O–H groups in total. The maximum Gasteiger partial charge on any atom is 0.165 e. The third-order valence-corrected chi connectivity index (χ3v) is 14.9. The lowest BCUT2D eigenvalue weighted by Gasteiger charge is -2.28. The number of ether oxygens (including phenoxy) is 4. The van der Waals surface area contributed by atoms with Crippen molar-refractivity contribution in [3.63, 3.8) is 0 Å². The second kappa shape index (κ2) is 25.8. The second-order valence-corrected chi connectivity index (χ2v) is 20.5. The largest absolute Gasteiger partial charge is 0.494 e. The Morgan fingerprint density at radius 3 is 1.49 bits per heavy atom. The molecule has 14 nitrogen and oxygen atoms in total. The molecule has 0 unspecified atom stereocenters. The first kappa shape index (κ1) is 59.1. The number of methoxy groups -OCH3 is 2. The van der Waals surface area contributed by atoms with Crippen molar-refractivity contribution in [3.05, 3.63) is 184 Å². The van der Waals surface area contributed by atoms with Crippen molar-refractivity contribution in [3.8, 4) is 56.5 Å². The SMILES string of the molecule is COc1ccc(-c2cnc(N3CCOCC3)cc2N)cc1F.COc1ccc(-c2cnc(N3CCOCC3)cc2Nc2c(C)c(-c3cc(C)ccn3)nc3cc(F)cc(F)c23)cc1F.Cc1ccnc(-c2nc3cc(F)cc(F)c3c(Cl)c2C)c1. The van der Waals surface area contributed by atoms with Crippen LogP contribution in [-0.4, -0.2) is 96.7 Å². The van der Waals surface area contributed by atoms with Gasteiger partial charge >= 0.3 is 0 Å². The van der Waals surface area contributed by atoms with Crippen LogP contribution in [-0.2, 0) is 9.47 Å². The summed E-state index contributed by atoms with van der Waals surface area (Å²) in [6.45, 7) is 12.8. The third kappa shape index (κ3) is 13.0. The van der Waals surface area contributed by atoms with Crippen molar-refractivity contribution in [2.75, 3.05) is 87.7 Å². The monoisotopic (exact) mass is 1180 g/mol. The van der Waals surface area contributed by atoms with Crippen LogP contribution in [0.2, 0.25) is 5.02 Å². The van der Waals surface area contributed by atoms with E-state index in [4.69, 9.17) is 36.3 Å². The quantitative estimate of drug-likeness (QED) is 0.125. The lowest BCUT2D eigenvalue weighted by molar-refractivity contribution is 0.122. The Bertz CT molecular complexity index is 4130. The lowest BCUT2D eigenvalue weighted by atomic mass is 10.0. The van der Waals surface area contributed by atoms with E-state index in [1.165, 1.54) is 38.5 Å². The number of hydrogen-bond acceptors (Lipinski definition) is 14. The third-order valence-electron chi connectivity index (χ3n) is 14.4. The Balaban J connectivity index is 0.000000157. The summed E-state index contributed by atoms with van der Waals surface area (Å²) in [5.41, 5.74) is 15.9. The topological polar surface area (TPSA) is 159 Å². The van der Waals surface area contributed by atoms with Crippen molar-refractivity contribution in [2.24, 2.45) is 0 Å². The van der Waals surface area contributed by atoms with Crippen molar-refractivity contribution < 1.29 is 45.3 Å². The van der Waals surface area contributed by atoms with Gasteiger partial charge in [-0.15, -0.1) is 0 Å². The Morgan fingerprint density at radius 2 is 1.00 bits per heavy atom. The maximum absolute atomic E-state index is 15.5.